The van der Waals surface area contributed by atoms with Crippen LogP contribution in [0.4, 0.5) is 5.69 Å². The summed E-state index contributed by atoms with van der Waals surface area (Å²) in [6, 6.07) is 3.83. The molecule has 2 N–H and O–H groups in total. The number of rotatable bonds is 1. The van der Waals surface area contributed by atoms with Crippen LogP contribution in [0.3, 0.4) is 0 Å². The lowest BCUT2D eigenvalue weighted by atomic mass is 9.96. The number of nitrogens with zero attached hydrogens (tertiary/aromatic N) is 2. The molecule has 0 saturated heterocycles. The van der Waals surface area contributed by atoms with Crippen molar-refractivity contribution >= 4 is 22.7 Å². The molecule has 23 heavy (non-hydrogen) atoms. The molecule has 1 unspecified atom stereocenters. The van der Waals surface area contributed by atoms with E-state index in [4.69, 9.17) is 10.5 Å². The van der Waals surface area contributed by atoms with E-state index in [9.17, 15) is 4.79 Å². The van der Waals surface area contributed by atoms with Crippen molar-refractivity contribution in [1.29, 1.82) is 0 Å². The minimum atomic E-state index is -0.0347. The zero-order valence-electron chi connectivity index (χ0n) is 13.3. The Balaban J connectivity index is 2.16. The van der Waals surface area contributed by atoms with Gasteiger partial charge >= 0.3 is 0 Å². The maximum Gasteiger partial charge on any atom is 0.251 e. The quantitative estimate of drug-likeness (QED) is 0.874. The number of pyridine rings is 1. The largest absolute Gasteiger partial charge is 0.487 e. The molecule has 0 radical (unpaired) electrons. The number of fused-ring (bicyclic) bond motifs is 2. The molecule has 0 aliphatic carbocycles. The molecule has 1 aromatic heterocycles. The Morgan fingerprint density at radius 3 is 2.91 bits per heavy atom. The second kappa shape index (κ2) is 4.73. The molecule has 2 aliphatic heterocycles. The van der Waals surface area contributed by atoms with Crippen LogP contribution in [0, 0.1) is 6.92 Å². The fraction of sp³-hybridized carbons (Fsp3) is 0.278. The van der Waals surface area contributed by atoms with Gasteiger partial charge in [-0.25, -0.2) is 0 Å². The molecule has 3 heterocycles. The number of anilines is 1. The van der Waals surface area contributed by atoms with Gasteiger partial charge in [-0.1, -0.05) is 12.7 Å². The van der Waals surface area contributed by atoms with E-state index in [0.717, 1.165) is 39.2 Å². The predicted octanol–water partition coefficient (Wildman–Crippen LogP) is 1.91. The summed E-state index contributed by atoms with van der Waals surface area (Å²) in [5.41, 5.74) is 10.6. The Morgan fingerprint density at radius 2 is 2.17 bits per heavy atom. The summed E-state index contributed by atoms with van der Waals surface area (Å²) < 4.78 is 7.72. The molecular weight excluding hydrogens is 290 g/mol. The van der Waals surface area contributed by atoms with Gasteiger partial charge in [0, 0.05) is 36.3 Å². The first-order valence-corrected chi connectivity index (χ1v) is 7.69. The Morgan fingerprint density at radius 1 is 1.39 bits per heavy atom. The first-order valence-electron chi connectivity index (χ1n) is 7.69. The highest BCUT2D eigenvalue weighted by Gasteiger charge is 2.33. The third kappa shape index (κ3) is 1.80. The predicted molar refractivity (Wildman–Crippen MR) is 92.9 cm³/mol. The highest BCUT2D eigenvalue weighted by atomic mass is 16.5. The SMILES string of the molecule is C=C1C=Cc2cc3c(C)cc(=O)n(C)c3c3c2N1C(CN)CO3. The minimum absolute atomic E-state index is 0.0347. The average molecular weight is 309 g/mol. The molecule has 1 atom stereocenters. The molecule has 5 nitrogen and oxygen atoms in total. The normalized spacial score (nSPS) is 19.0. The van der Waals surface area contributed by atoms with Gasteiger partial charge in [0.2, 0.25) is 0 Å². The number of hydrogen-bond acceptors (Lipinski definition) is 4. The number of ether oxygens (including phenoxy) is 1. The van der Waals surface area contributed by atoms with Crippen LogP contribution in [0.25, 0.3) is 17.0 Å². The third-order valence-electron chi connectivity index (χ3n) is 4.75. The van der Waals surface area contributed by atoms with Gasteiger partial charge in [0.1, 0.15) is 6.61 Å². The van der Waals surface area contributed by atoms with Crippen molar-refractivity contribution < 1.29 is 4.74 Å². The number of nitrogens with two attached hydrogens (primary N) is 1. The van der Waals surface area contributed by atoms with Crippen LogP contribution < -0.4 is 20.9 Å². The van der Waals surface area contributed by atoms with Gasteiger partial charge in [-0.05, 0) is 24.6 Å². The van der Waals surface area contributed by atoms with Crippen LogP contribution in [0.5, 0.6) is 5.75 Å². The highest BCUT2D eigenvalue weighted by molar-refractivity contribution is 5.99. The van der Waals surface area contributed by atoms with E-state index in [0.29, 0.717) is 13.2 Å². The monoisotopic (exact) mass is 309 g/mol. The van der Waals surface area contributed by atoms with Crippen LogP contribution in [-0.4, -0.2) is 23.8 Å². The summed E-state index contributed by atoms with van der Waals surface area (Å²) in [7, 11) is 1.78. The lowest BCUT2D eigenvalue weighted by Crippen LogP contribution is -2.47. The van der Waals surface area contributed by atoms with E-state index in [1.54, 1.807) is 17.7 Å². The Bertz CT molecular complexity index is 940. The van der Waals surface area contributed by atoms with Crippen molar-refractivity contribution in [1.82, 2.24) is 4.57 Å². The third-order valence-corrected chi connectivity index (χ3v) is 4.75. The molecule has 0 fully saturated rings. The molecule has 0 saturated carbocycles. The molecule has 2 aliphatic rings. The first-order chi connectivity index (χ1) is 11.0. The van der Waals surface area contributed by atoms with Gasteiger partial charge in [-0.3, -0.25) is 4.79 Å². The molecule has 118 valence electrons. The van der Waals surface area contributed by atoms with Crippen molar-refractivity contribution in [2.75, 3.05) is 18.1 Å². The first kappa shape index (κ1) is 14.1. The van der Waals surface area contributed by atoms with Gasteiger partial charge in [-0.15, -0.1) is 0 Å². The maximum atomic E-state index is 12.2. The van der Waals surface area contributed by atoms with Crippen LogP contribution in [-0.2, 0) is 7.05 Å². The van der Waals surface area contributed by atoms with E-state index in [2.05, 4.69) is 17.5 Å². The highest BCUT2D eigenvalue weighted by Crippen LogP contribution is 2.46. The van der Waals surface area contributed by atoms with E-state index in [-0.39, 0.29) is 11.6 Å². The topological polar surface area (TPSA) is 60.5 Å². The molecule has 0 spiro atoms. The van der Waals surface area contributed by atoms with Crippen LogP contribution in [0.15, 0.2) is 35.3 Å². The second-order valence-electron chi connectivity index (χ2n) is 6.16. The van der Waals surface area contributed by atoms with E-state index in [1.807, 2.05) is 19.1 Å². The number of aryl methyl sites for hydroxylation is 2. The Hall–Kier alpha value is -2.53. The van der Waals surface area contributed by atoms with Crippen LogP contribution in [0.2, 0.25) is 0 Å². The van der Waals surface area contributed by atoms with E-state index in [1.165, 1.54) is 0 Å². The van der Waals surface area contributed by atoms with Gasteiger partial charge in [0.05, 0.1) is 17.2 Å². The van der Waals surface area contributed by atoms with Crippen molar-refractivity contribution in [3.63, 3.8) is 0 Å². The van der Waals surface area contributed by atoms with Crippen molar-refractivity contribution in [3.05, 3.63) is 52.0 Å². The summed E-state index contributed by atoms with van der Waals surface area (Å²) in [5.74, 6) is 0.746. The molecule has 5 heteroatoms. The average Bonchev–Trinajstić information content (AvgIpc) is 2.55. The zero-order chi connectivity index (χ0) is 16.3. The summed E-state index contributed by atoms with van der Waals surface area (Å²) in [6.07, 6.45) is 4.05. The number of hydrogen-bond donors (Lipinski definition) is 1. The van der Waals surface area contributed by atoms with Crippen molar-refractivity contribution in [3.8, 4) is 5.75 Å². The number of allylic oxidation sites excluding steroid dienone is 1. The second-order valence-corrected chi connectivity index (χ2v) is 6.16. The standard InChI is InChI=1S/C18H19N3O2/c1-10-6-15(22)20(3)17-14(10)7-12-5-4-11(2)21-13(8-19)9-23-18(17)16(12)21/h4-7,13H,2,8-9,19H2,1,3H3. The van der Waals surface area contributed by atoms with Gasteiger partial charge in [-0.2, -0.15) is 0 Å². The van der Waals surface area contributed by atoms with Gasteiger partial charge in [0.25, 0.3) is 5.56 Å². The fourth-order valence-corrected chi connectivity index (χ4v) is 3.53. The summed E-state index contributed by atoms with van der Waals surface area (Å²) >= 11 is 0. The van der Waals surface area contributed by atoms with Crippen LogP contribution in [0.1, 0.15) is 11.1 Å². The fourth-order valence-electron chi connectivity index (χ4n) is 3.53. The molecule has 0 bridgehead atoms. The number of aromatic nitrogens is 1. The Labute approximate surface area is 134 Å². The number of benzene rings is 1. The van der Waals surface area contributed by atoms with Crippen molar-refractivity contribution in [2.24, 2.45) is 12.8 Å². The molecule has 2 aromatic rings. The molecule has 4 rings (SSSR count). The zero-order valence-corrected chi connectivity index (χ0v) is 13.3. The summed E-state index contributed by atoms with van der Waals surface area (Å²) in [6.45, 7) is 7.06. The van der Waals surface area contributed by atoms with E-state index >= 15 is 0 Å². The molecule has 0 amide bonds. The maximum absolute atomic E-state index is 12.2. The lowest BCUT2D eigenvalue weighted by Gasteiger charge is -2.41. The lowest BCUT2D eigenvalue weighted by molar-refractivity contribution is 0.272. The minimum Gasteiger partial charge on any atom is -0.487 e. The summed E-state index contributed by atoms with van der Waals surface area (Å²) in [5, 5.41) is 1.03. The Kier molecular flexibility index (Phi) is 2.90. The molecular formula is C18H19N3O2. The van der Waals surface area contributed by atoms with Crippen LogP contribution >= 0.6 is 0 Å². The van der Waals surface area contributed by atoms with E-state index < -0.39 is 0 Å². The smallest absolute Gasteiger partial charge is 0.251 e. The summed E-state index contributed by atoms with van der Waals surface area (Å²) in [4.78, 5) is 14.4. The molecule has 1 aromatic carbocycles. The van der Waals surface area contributed by atoms with Crippen molar-refractivity contribution in [2.45, 2.75) is 13.0 Å². The van der Waals surface area contributed by atoms with Gasteiger partial charge in [0.15, 0.2) is 5.75 Å². The van der Waals surface area contributed by atoms with Gasteiger partial charge < -0.3 is 19.9 Å².